The van der Waals surface area contributed by atoms with E-state index in [0.29, 0.717) is 4.47 Å². The van der Waals surface area contributed by atoms with E-state index in [1.807, 2.05) is 19.9 Å². The molecule has 4 nitrogen and oxygen atoms in total. The lowest BCUT2D eigenvalue weighted by Gasteiger charge is -2.11. The molecule has 0 fully saturated rings. The van der Waals surface area contributed by atoms with Crippen LogP contribution in [-0.2, 0) is 11.2 Å². The number of rotatable bonds is 10. The van der Waals surface area contributed by atoms with Crippen LogP contribution in [0.25, 0.3) is 0 Å². The Balaban J connectivity index is 0.00000529. The summed E-state index contributed by atoms with van der Waals surface area (Å²) in [7, 11) is 0. The lowest BCUT2D eigenvalue weighted by atomic mass is 10.1. The summed E-state index contributed by atoms with van der Waals surface area (Å²) < 4.78 is 19.0. The largest absolute Gasteiger partial charge is 0.382 e. The molecule has 1 rings (SSSR count). The predicted molar refractivity (Wildman–Crippen MR) is 113 cm³/mol. The molecule has 24 heavy (non-hydrogen) atoms. The van der Waals surface area contributed by atoms with E-state index in [-0.39, 0.29) is 29.8 Å². The van der Waals surface area contributed by atoms with E-state index in [1.165, 1.54) is 6.07 Å². The topological polar surface area (TPSA) is 45.7 Å². The summed E-state index contributed by atoms with van der Waals surface area (Å²) >= 11 is 3.21. The van der Waals surface area contributed by atoms with Crippen molar-refractivity contribution in [2.24, 2.45) is 4.99 Å². The Morgan fingerprint density at radius 1 is 1.25 bits per heavy atom. The molecule has 0 aliphatic rings. The summed E-state index contributed by atoms with van der Waals surface area (Å²) in [5.41, 5.74) is 1.08. The van der Waals surface area contributed by atoms with E-state index in [9.17, 15) is 4.39 Å². The molecule has 0 unspecified atom stereocenters. The Kier molecular flexibility index (Phi) is 14.6. The molecule has 0 saturated carbocycles. The number of benzene rings is 1. The highest BCUT2D eigenvalue weighted by Gasteiger charge is 2.01. The summed E-state index contributed by atoms with van der Waals surface area (Å²) in [6, 6.07) is 5.10. The van der Waals surface area contributed by atoms with Gasteiger partial charge in [0.25, 0.3) is 0 Å². The minimum absolute atomic E-state index is 0. The Morgan fingerprint density at radius 2 is 2.04 bits per heavy atom. The number of aliphatic imine (C=N–C) groups is 1. The van der Waals surface area contributed by atoms with Gasteiger partial charge in [-0.15, -0.1) is 24.0 Å². The Labute approximate surface area is 170 Å². The van der Waals surface area contributed by atoms with Crippen LogP contribution in [0.5, 0.6) is 0 Å². The van der Waals surface area contributed by atoms with Crippen molar-refractivity contribution in [1.82, 2.24) is 10.6 Å². The molecule has 0 atom stereocenters. The zero-order valence-electron chi connectivity index (χ0n) is 14.4. The Morgan fingerprint density at radius 3 is 2.71 bits per heavy atom. The van der Waals surface area contributed by atoms with Crippen LogP contribution in [0.1, 0.15) is 32.3 Å². The van der Waals surface area contributed by atoms with Crippen LogP contribution < -0.4 is 10.6 Å². The molecule has 138 valence electrons. The zero-order chi connectivity index (χ0) is 16.9. The molecule has 1 aromatic rings. The molecule has 2 N–H and O–H groups in total. The lowest BCUT2D eigenvalue weighted by Crippen LogP contribution is -2.38. The first-order valence-corrected chi connectivity index (χ1v) is 9.00. The maximum Gasteiger partial charge on any atom is 0.191 e. The highest BCUT2D eigenvalue weighted by atomic mass is 127. The number of unbranched alkanes of at least 4 members (excludes halogenated alkanes) is 1. The molecular weight excluding hydrogens is 488 g/mol. The van der Waals surface area contributed by atoms with Gasteiger partial charge in [-0.25, -0.2) is 4.39 Å². The highest BCUT2D eigenvalue weighted by Crippen LogP contribution is 2.16. The number of hydrogen-bond acceptors (Lipinski definition) is 2. The molecular formula is C17H28BrFIN3O. The van der Waals surface area contributed by atoms with Crippen LogP contribution in [0.2, 0.25) is 0 Å². The number of hydrogen-bond donors (Lipinski definition) is 2. The summed E-state index contributed by atoms with van der Waals surface area (Å²) in [5.74, 6) is 0.591. The van der Waals surface area contributed by atoms with Gasteiger partial charge in [-0.2, -0.15) is 0 Å². The predicted octanol–water partition coefficient (Wildman–Crippen LogP) is 4.12. The van der Waals surface area contributed by atoms with E-state index in [4.69, 9.17) is 4.74 Å². The van der Waals surface area contributed by atoms with Crippen molar-refractivity contribution in [3.63, 3.8) is 0 Å². The summed E-state index contributed by atoms with van der Waals surface area (Å²) in [6.45, 7) is 7.98. The SMILES string of the molecule is CCNC(=NCCCCOCC)NCCc1ccc(F)c(Br)c1.I. The van der Waals surface area contributed by atoms with Gasteiger partial charge in [-0.1, -0.05) is 6.07 Å². The van der Waals surface area contributed by atoms with Gasteiger partial charge in [0.15, 0.2) is 5.96 Å². The number of nitrogens with one attached hydrogen (secondary N) is 2. The highest BCUT2D eigenvalue weighted by molar-refractivity contribution is 14.0. The van der Waals surface area contributed by atoms with Gasteiger partial charge in [-0.05, 0) is 66.7 Å². The second-order valence-corrected chi connectivity index (χ2v) is 5.94. The van der Waals surface area contributed by atoms with E-state index in [1.54, 1.807) is 6.07 Å². The molecule has 0 aliphatic carbocycles. The fourth-order valence-electron chi connectivity index (χ4n) is 2.01. The van der Waals surface area contributed by atoms with Gasteiger partial charge in [0.2, 0.25) is 0 Å². The van der Waals surface area contributed by atoms with Crippen LogP contribution in [0, 0.1) is 5.82 Å². The third-order valence-electron chi connectivity index (χ3n) is 3.21. The number of guanidine groups is 1. The van der Waals surface area contributed by atoms with Crippen molar-refractivity contribution >= 4 is 45.9 Å². The normalized spacial score (nSPS) is 11.1. The Hall–Kier alpha value is -0.410. The van der Waals surface area contributed by atoms with Crippen LogP contribution in [0.4, 0.5) is 4.39 Å². The van der Waals surface area contributed by atoms with Gasteiger partial charge in [0.1, 0.15) is 5.82 Å². The van der Waals surface area contributed by atoms with Crippen LogP contribution in [0.15, 0.2) is 27.7 Å². The van der Waals surface area contributed by atoms with E-state index < -0.39 is 0 Å². The average Bonchev–Trinajstić information content (AvgIpc) is 2.54. The molecule has 0 saturated heterocycles. The minimum atomic E-state index is -0.233. The number of halogens is 3. The standard InChI is InChI=1S/C17H27BrFN3O.HI/c1-3-20-17(21-10-5-6-12-23-4-2)22-11-9-14-7-8-16(19)15(18)13-14;/h7-8,13H,3-6,9-12H2,1-2H3,(H2,20,21,22);1H. The second-order valence-electron chi connectivity index (χ2n) is 5.09. The third-order valence-corrected chi connectivity index (χ3v) is 3.81. The minimum Gasteiger partial charge on any atom is -0.382 e. The van der Waals surface area contributed by atoms with E-state index >= 15 is 0 Å². The first-order valence-electron chi connectivity index (χ1n) is 8.21. The van der Waals surface area contributed by atoms with E-state index in [0.717, 1.165) is 63.6 Å². The summed E-state index contributed by atoms with van der Waals surface area (Å²) in [6.07, 6.45) is 2.86. The quantitative estimate of drug-likeness (QED) is 0.213. The van der Waals surface area contributed by atoms with Crippen molar-refractivity contribution in [1.29, 1.82) is 0 Å². The van der Waals surface area contributed by atoms with Gasteiger partial charge in [0, 0.05) is 32.8 Å². The van der Waals surface area contributed by atoms with Gasteiger partial charge in [0.05, 0.1) is 4.47 Å². The molecule has 0 aromatic heterocycles. The fourth-order valence-corrected chi connectivity index (χ4v) is 2.44. The fraction of sp³-hybridized carbons (Fsp3) is 0.588. The third kappa shape index (κ3) is 10.5. The van der Waals surface area contributed by atoms with Gasteiger partial charge in [-0.3, -0.25) is 4.99 Å². The first-order chi connectivity index (χ1) is 11.2. The molecule has 0 spiro atoms. The number of ether oxygens (including phenoxy) is 1. The number of nitrogens with zero attached hydrogens (tertiary/aromatic N) is 1. The van der Waals surface area contributed by atoms with Crippen LogP contribution >= 0.6 is 39.9 Å². The van der Waals surface area contributed by atoms with Crippen molar-refractivity contribution in [2.45, 2.75) is 33.1 Å². The van der Waals surface area contributed by atoms with Crippen LogP contribution in [0.3, 0.4) is 0 Å². The van der Waals surface area contributed by atoms with Gasteiger partial charge >= 0.3 is 0 Å². The molecule has 0 aliphatic heterocycles. The van der Waals surface area contributed by atoms with Crippen LogP contribution in [-0.4, -0.2) is 38.8 Å². The molecule has 1 aromatic carbocycles. The summed E-state index contributed by atoms with van der Waals surface area (Å²) in [5, 5.41) is 6.53. The monoisotopic (exact) mass is 515 g/mol. The van der Waals surface area contributed by atoms with Crippen molar-refractivity contribution in [3.05, 3.63) is 34.1 Å². The van der Waals surface area contributed by atoms with Crippen molar-refractivity contribution in [2.75, 3.05) is 32.8 Å². The molecule has 7 heteroatoms. The van der Waals surface area contributed by atoms with Crippen molar-refractivity contribution in [3.8, 4) is 0 Å². The maximum absolute atomic E-state index is 13.2. The lowest BCUT2D eigenvalue weighted by molar-refractivity contribution is 0.144. The smallest absolute Gasteiger partial charge is 0.191 e. The maximum atomic E-state index is 13.2. The molecule has 0 amide bonds. The molecule has 0 bridgehead atoms. The average molecular weight is 516 g/mol. The first kappa shape index (κ1) is 23.6. The van der Waals surface area contributed by atoms with Gasteiger partial charge < -0.3 is 15.4 Å². The molecule has 0 radical (unpaired) electrons. The summed E-state index contributed by atoms with van der Waals surface area (Å²) in [4.78, 5) is 4.54. The zero-order valence-corrected chi connectivity index (χ0v) is 18.3. The van der Waals surface area contributed by atoms with Crippen molar-refractivity contribution < 1.29 is 9.13 Å². The molecule has 0 heterocycles. The second kappa shape index (κ2) is 14.9. The van der Waals surface area contributed by atoms with E-state index in [2.05, 4.69) is 31.6 Å². The Bertz CT molecular complexity index is 489.